The van der Waals surface area contributed by atoms with E-state index in [0.29, 0.717) is 18.3 Å². The minimum absolute atomic E-state index is 0.0417. The minimum atomic E-state index is -0.0756. The number of rotatable bonds is 11. The van der Waals surface area contributed by atoms with Crippen molar-refractivity contribution < 1.29 is 5.11 Å². The number of aliphatic hydroxyl groups is 1. The maximum Gasteiger partial charge on any atom is 0.227 e. The molecular weight excluding hydrogens is 412 g/mol. The number of fused-ring (bicyclic) bond motifs is 1. The van der Waals surface area contributed by atoms with Gasteiger partial charge in [-0.3, -0.25) is 0 Å². The average molecular weight is 445 g/mol. The number of aromatic nitrogens is 4. The van der Waals surface area contributed by atoms with E-state index in [0.717, 1.165) is 42.5 Å². The van der Waals surface area contributed by atoms with Crippen LogP contribution in [0.3, 0.4) is 0 Å². The van der Waals surface area contributed by atoms with Crippen LogP contribution in [0.1, 0.15) is 38.7 Å². The fourth-order valence-corrected chi connectivity index (χ4v) is 3.91. The third-order valence-electron chi connectivity index (χ3n) is 5.64. The molecule has 0 aliphatic carbocycles. The number of aliphatic hydroxyl groups excluding tert-OH is 1. The van der Waals surface area contributed by atoms with Gasteiger partial charge in [0, 0.05) is 13.1 Å². The first-order chi connectivity index (χ1) is 16.2. The summed E-state index contributed by atoms with van der Waals surface area (Å²) in [7, 11) is 0. The van der Waals surface area contributed by atoms with Gasteiger partial charge in [0.1, 0.15) is 0 Å². The first-order valence-electron chi connectivity index (χ1n) is 11.7. The van der Waals surface area contributed by atoms with Crippen LogP contribution in [0.15, 0.2) is 60.9 Å². The molecule has 0 saturated heterocycles. The summed E-state index contributed by atoms with van der Waals surface area (Å²) in [6.45, 7) is 5.74. The van der Waals surface area contributed by atoms with E-state index >= 15 is 0 Å². The molecule has 172 valence electrons. The standard InChI is InChI=1S/C26H32N6O/c1-3-8-22(17-33)29-26-30-24(23-25(31-26)32(15-4-2)18-28-23)27-16-19-11-13-21(14-12-19)20-9-6-5-7-10-20/h5-7,9-14,18,22,33H,3-4,8,15-17H2,1-2H3,(H2,27,29,30,31)/t22-/m1/s1. The second kappa shape index (κ2) is 10.9. The van der Waals surface area contributed by atoms with Gasteiger partial charge in [0.05, 0.1) is 19.0 Å². The molecule has 2 heterocycles. The fraction of sp³-hybridized carbons (Fsp3) is 0.346. The molecule has 0 radical (unpaired) electrons. The van der Waals surface area contributed by atoms with E-state index in [9.17, 15) is 5.11 Å². The summed E-state index contributed by atoms with van der Waals surface area (Å²) in [5.41, 5.74) is 5.11. The molecule has 0 aliphatic heterocycles. The number of benzene rings is 2. The van der Waals surface area contributed by atoms with Crippen LogP contribution in [-0.4, -0.2) is 37.3 Å². The monoisotopic (exact) mass is 444 g/mol. The number of nitrogens with zero attached hydrogens (tertiary/aromatic N) is 4. The third kappa shape index (κ3) is 5.49. The molecule has 33 heavy (non-hydrogen) atoms. The molecule has 0 unspecified atom stereocenters. The van der Waals surface area contributed by atoms with Crippen LogP contribution in [0.2, 0.25) is 0 Å². The lowest BCUT2D eigenvalue weighted by Crippen LogP contribution is -2.25. The second-order valence-electron chi connectivity index (χ2n) is 8.24. The van der Waals surface area contributed by atoms with Crippen molar-refractivity contribution in [2.45, 2.75) is 52.2 Å². The predicted molar refractivity (Wildman–Crippen MR) is 134 cm³/mol. The van der Waals surface area contributed by atoms with Crippen molar-refractivity contribution in [2.24, 2.45) is 0 Å². The fourth-order valence-electron chi connectivity index (χ4n) is 3.91. The summed E-state index contributed by atoms with van der Waals surface area (Å²) in [4.78, 5) is 14.0. The lowest BCUT2D eigenvalue weighted by atomic mass is 10.0. The third-order valence-corrected chi connectivity index (χ3v) is 5.64. The van der Waals surface area contributed by atoms with Crippen molar-refractivity contribution in [1.82, 2.24) is 19.5 Å². The van der Waals surface area contributed by atoms with Crippen molar-refractivity contribution >= 4 is 22.9 Å². The first-order valence-corrected chi connectivity index (χ1v) is 11.7. The number of hydrogen-bond donors (Lipinski definition) is 3. The summed E-state index contributed by atoms with van der Waals surface area (Å²) in [6.07, 6.45) is 4.63. The van der Waals surface area contributed by atoms with Crippen molar-refractivity contribution in [3.63, 3.8) is 0 Å². The van der Waals surface area contributed by atoms with Crippen LogP contribution in [0.25, 0.3) is 22.3 Å². The smallest absolute Gasteiger partial charge is 0.227 e. The molecule has 0 amide bonds. The molecule has 2 aromatic carbocycles. The van der Waals surface area contributed by atoms with Gasteiger partial charge < -0.3 is 20.3 Å². The second-order valence-corrected chi connectivity index (χ2v) is 8.24. The molecule has 3 N–H and O–H groups in total. The normalized spacial score (nSPS) is 12.1. The molecule has 2 aromatic heterocycles. The molecule has 4 aromatic rings. The quantitative estimate of drug-likeness (QED) is 0.299. The van der Waals surface area contributed by atoms with E-state index in [2.05, 4.69) is 82.6 Å². The average Bonchev–Trinajstić information content (AvgIpc) is 3.26. The van der Waals surface area contributed by atoms with Crippen LogP contribution >= 0.6 is 0 Å². The van der Waals surface area contributed by atoms with Crippen molar-refractivity contribution in [2.75, 3.05) is 17.2 Å². The number of nitrogens with one attached hydrogen (secondary N) is 2. The van der Waals surface area contributed by atoms with Crippen LogP contribution < -0.4 is 10.6 Å². The van der Waals surface area contributed by atoms with E-state index < -0.39 is 0 Å². The molecule has 7 heteroatoms. The highest BCUT2D eigenvalue weighted by Gasteiger charge is 2.15. The zero-order chi connectivity index (χ0) is 23.0. The largest absolute Gasteiger partial charge is 0.394 e. The Kier molecular flexibility index (Phi) is 7.52. The van der Waals surface area contributed by atoms with Gasteiger partial charge in [0.25, 0.3) is 0 Å². The van der Waals surface area contributed by atoms with E-state index in [1.165, 1.54) is 11.1 Å². The Balaban J connectivity index is 1.56. The Morgan fingerprint density at radius 2 is 1.70 bits per heavy atom. The zero-order valence-electron chi connectivity index (χ0n) is 19.3. The van der Waals surface area contributed by atoms with Gasteiger partial charge in [0.2, 0.25) is 5.95 Å². The summed E-state index contributed by atoms with van der Waals surface area (Å²) in [6, 6.07) is 18.8. The van der Waals surface area contributed by atoms with Crippen LogP contribution in [0, 0.1) is 0 Å². The highest BCUT2D eigenvalue weighted by atomic mass is 16.3. The van der Waals surface area contributed by atoms with Crippen LogP contribution in [0.4, 0.5) is 11.8 Å². The minimum Gasteiger partial charge on any atom is -0.394 e. The van der Waals surface area contributed by atoms with Gasteiger partial charge >= 0.3 is 0 Å². The molecule has 7 nitrogen and oxygen atoms in total. The molecule has 0 saturated carbocycles. The van der Waals surface area contributed by atoms with Crippen LogP contribution in [0.5, 0.6) is 0 Å². The molecule has 1 atom stereocenters. The molecule has 0 bridgehead atoms. The number of hydrogen-bond acceptors (Lipinski definition) is 6. The lowest BCUT2D eigenvalue weighted by molar-refractivity contribution is 0.268. The Bertz CT molecular complexity index is 1160. The predicted octanol–water partition coefficient (Wildman–Crippen LogP) is 5.09. The number of imidazole rings is 1. The molecular formula is C26H32N6O. The van der Waals surface area contributed by atoms with E-state index in [1.54, 1.807) is 0 Å². The zero-order valence-corrected chi connectivity index (χ0v) is 19.3. The van der Waals surface area contributed by atoms with Crippen molar-refractivity contribution in [3.05, 3.63) is 66.5 Å². The van der Waals surface area contributed by atoms with Gasteiger partial charge in [-0.2, -0.15) is 9.97 Å². The van der Waals surface area contributed by atoms with Crippen molar-refractivity contribution in [1.29, 1.82) is 0 Å². The molecule has 0 fully saturated rings. The Morgan fingerprint density at radius 1 is 0.939 bits per heavy atom. The van der Waals surface area contributed by atoms with Gasteiger partial charge in [-0.05, 0) is 29.5 Å². The summed E-state index contributed by atoms with van der Waals surface area (Å²) < 4.78 is 2.05. The van der Waals surface area contributed by atoms with Gasteiger partial charge in [0.15, 0.2) is 17.0 Å². The molecule has 0 spiro atoms. The molecule has 0 aliphatic rings. The molecule has 4 rings (SSSR count). The summed E-state index contributed by atoms with van der Waals surface area (Å²) in [5.74, 6) is 1.20. The van der Waals surface area contributed by atoms with E-state index in [4.69, 9.17) is 9.97 Å². The Morgan fingerprint density at radius 3 is 2.39 bits per heavy atom. The highest BCUT2D eigenvalue weighted by Crippen LogP contribution is 2.24. The van der Waals surface area contributed by atoms with Crippen molar-refractivity contribution in [3.8, 4) is 11.1 Å². The topological polar surface area (TPSA) is 87.9 Å². The Hall–Kier alpha value is -3.45. The first kappa shape index (κ1) is 22.7. The maximum absolute atomic E-state index is 9.71. The van der Waals surface area contributed by atoms with Gasteiger partial charge in [-0.1, -0.05) is 74.9 Å². The SMILES string of the molecule is CCC[C@H](CO)Nc1nc(NCc2ccc(-c3ccccc3)cc2)c2ncn(CCC)c2n1. The maximum atomic E-state index is 9.71. The van der Waals surface area contributed by atoms with Crippen LogP contribution in [-0.2, 0) is 13.1 Å². The number of anilines is 2. The van der Waals surface area contributed by atoms with Gasteiger partial charge in [-0.15, -0.1) is 0 Å². The van der Waals surface area contributed by atoms with E-state index in [1.807, 2.05) is 12.4 Å². The Labute approximate surface area is 194 Å². The highest BCUT2D eigenvalue weighted by molar-refractivity contribution is 5.84. The lowest BCUT2D eigenvalue weighted by Gasteiger charge is -2.16. The summed E-state index contributed by atoms with van der Waals surface area (Å²) >= 11 is 0. The summed E-state index contributed by atoms with van der Waals surface area (Å²) in [5, 5.41) is 16.4. The number of aryl methyl sites for hydroxylation is 1. The van der Waals surface area contributed by atoms with E-state index in [-0.39, 0.29) is 12.6 Å². The van der Waals surface area contributed by atoms with Gasteiger partial charge in [-0.25, -0.2) is 4.98 Å².